The highest BCUT2D eigenvalue weighted by molar-refractivity contribution is 9.10. The van der Waals surface area contributed by atoms with Crippen LogP contribution in [-0.2, 0) is 19.6 Å². The lowest BCUT2D eigenvalue weighted by Gasteiger charge is -2.14. The fourth-order valence-electron chi connectivity index (χ4n) is 1.24. The van der Waals surface area contributed by atoms with Crippen LogP contribution in [-0.4, -0.2) is 27.0 Å². The van der Waals surface area contributed by atoms with Crippen molar-refractivity contribution in [2.75, 3.05) is 6.61 Å². The van der Waals surface area contributed by atoms with Gasteiger partial charge in [-0.3, -0.25) is 4.79 Å². The molecule has 0 fully saturated rings. The smallest absolute Gasteiger partial charge is 0.302 e. The van der Waals surface area contributed by atoms with Crippen molar-refractivity contribution in [1.82, 2.24) is 4.72 Å². The quantitative estimate of drug-likeness (QED) is 0.629. The van der Waals surface area contributed by atoms with Gasteiger partial charge in [0.15, 0.2) is 0 Å². The molecule has 0 unspecified atom stereocenters. The van der Waals surface area contributed by atoms with E-state index in [0.29, 0.717) is 0 Å². The van der Waals surface area contributed by atoms with Crippen molar-refractivity contribution in [3.05, 3.63) is 41.4 Å². The summed E-state index contributed by atoms with van der Waals surface area (Å²) in [7, 11) is -3.67. The van der Waals surface area contributed by atoms with E-state index in [1.807, 2.05) is 0 Å². The number of esters is 1. The molecule has 104 valence electrons. The summed E-state index contributed by atoms with van der Waals surface area (Å²) in [6.45, 7) is 4.67. The van der Waals surface area contributed by atoms with Crippen molar-refractivity contribution in [1.29, 1.82) is 0 Å². The van der Waals surface area contributed by atoms with E-state index < -0.39 is 22.0 Å². The topological polar surface area (TPSA) is 72.5 Å². The number of nitrogens with one attached hydrogen (secondary N) is 1. The first-order chi connectivity index (χ1) is 8.85. The van der Waals surface area contributed by atoms with Crippen LogP contribution in [0.4, 0.5) is 0 Å². The van der Waals surface area contributed by atoms with E-state index in [4.69, 9.17) is 4.74 Å². The lowest BCUT2D eigenvalue weighted by molar-refractivity contribution is -0.141. The molecule has 1 aromatic rings. The van der Waals surface area contributed by atoms with Gasteiger partial charge in [0.1, 0.15) is 6.61 Å². The zero-order valence-electron chi connectivity index (χ0n) is 10.3. The first-order valence-corrected chi connectivity index (χ1v) is 7.66. The third-order valence-corrected chi connectivity index (χ3v) is 4.22. The molecule has 1 rings (SSSR count). The Kier molecular flexibility index (Phi) is 5.71. The molecule has 0 spiro atoms. The molecule has 0 aliphatic rings. The highest BCUT2D eigenvalue weighted by atomic mass is 79.9. The molecule has 19 heavy (non-hydrogen) atoms. The lowest BCUT2D eigenvalue weighted by Crippen LogP contribution is -2.37. The predicted molar refractivity (Wildman–Crippen MR) is 75.1 cm³/mol. The van der Waals surface area contributed by atoms with Crippen LogP contribution in [0.1, 0.15) is 6.92 Å². The van der Waals surface area contributed by atoms with Crippen LogP contribution in [0.2, 0.25) is 0 Å². The summed E-state index contributed by atoms with van der Waals surface area (Å²) in [6, 6.07) is 5.53. The maximum absolute atomic E-state index is 12.0. The molecule has 5 nitrogen and oxygen atoms in total. The number of sulfonamides is 1. The van der Waals surface area contributed by atoms with Gasteiger partial charge in [0.25, 0.3) is 0 Å². The van der Waals surface area contributed by atoms with E-state index in [1.165, 1.54) is 25.1 Å². The number of rotatable bonds is 6. The van der Waals surface area contributed by atoms with Crippen molar-refractivity contribution in [2.45, 2.75) is 17.9 Å². The van der Waals surface area contributed by atoms with Gasteiger partial charge in [0, 0.05) is 11.4 Å². The molecule has 0 amide bonds. The maximum Gasteiger partial charge on any atom is 0.302 e. The van der Waals surface area contributed by atoms with Crippen molar-refractivity contribution in [3.8, 4) is 0 Å². The van der Waals surface area contributed by atoms with Crippen molar-refractivity contribution in [2.24, 2.45) is 0 Å². The number of hydrogen-bond acceptors (Lipinski definition) is 4. The van der Waals surface area contributed by atoms with Crippen LogP contribution in [0.5, 0.6) is 0 Å². The zero-order valence-corrected chi connectivity index (χ0v) is 12.7. The number of benzene rings is 1. The second-order valence-electron chi connectivity index (χ2n) is 3.72. The molecular formula is C12H14BrNO4S. The minimum Gasteiger partial charge on any atom is -0.464 e. The van der Waals surface area contributed by atoms with Gasteiger partial charge in [-0.2, -0.15) is 0 Å². The summed E-state index contributed by atoms with van der Waals surface area (Å²) in [4.78, 5) is 10.8. The summed E-state index contributed by atoms with van der Waals surface area (Å²) in [5.74, 6) is -0.477. The van der Waals surface area contributed by atoms with Gasteiger partial charge < -0.3 is 4.74 Å². The Labute approximate surface area is 120 Å². The van der Waals surface area contributed by atoms with Gasteiger partial charge in [-0.1, -0.05) is 22.0 Å². The molecule has 0 saturated heterocycles. The van der Waals surface area contributed by atoms with E-state index in [2.05, 4.69) is 27.2 Å². The van der Waals surface area contributed by atoms with Gasteiger partial charge in [-0.05, 0) is 24.3 Å². The molecule has 0 bridgehead atoms. The Morgan fingerprint density at radius 2 is 2.05 bits per heavy atom. The molecule has 7 heteroatoms. The van der Waals surface area contributed by atoms with Crippen LogP contribution >= 0.6 is 15.9 Å². The van der Waals surface area contributed by atoms with E-state index in [1.54, 1.807) is 12.1 Å². The minimum absolute atomic E-state index is 0.0887. The minimum atomic E-state index is -3.67. The molecule has 1 aromatic carbocycles. The molecule has 0 radical (unpaired) electrons. The number of carbonyl (C=O) groups is 1. The third-order valence-electron chi connectivity index (χ3n) is 2.18. The zero-order chi connectivity index (χ0) is 14.5. The molecule has 0 heterocycles. The normalized spacial score (nSPS) is 12.7. The Hall–Kier alpha value is -1.18. The van der Waals surface area contributed by atoms with Gasteiger partial charge in [-0.25, -0.2) is 13.1 Å². The second kappa shape index (κ2) is 6.83. The Morgan fingerprint density at radius 3 is 2.53 bits per heavy atom. The fourth-order valence-corrected chi connectivity index (χ4v) is 2.70. The molecule has 1 N–H and O–H groups in total. The van der Waals surface area contributed by atoms with Gasteiger partial charge >= 0.3 is 5.97 Å². The number of hydrogen-bond donors (Lipinski definition) is 1. The fraction of sp³-hybridized carbons (Fsp3) is 0.250. The lowest BCUT2D eigenvalue weighted by atomic mass is 10.3. The average Bonchev–Trinajstić information content (AvgIpc) is 2.34. The predicted octanol–water partition coefficient (Wildman–Crippen LogP) is 1.85. The summed E-state index contributed by atoms with van der Waals surface area (Å²) >= 11 is 3.23. The Bertz CT molecular complexity index is 554. The van der Waals surface area contributed by atoms with E-state index >= 15 is 0 Å². The van der Waals surface area contributed by atoms with E-state index in [-0.39, 0.29) is 11.5 Å². The maximum atomic E-state index is 12.0. The molecule has 0 saturated carbocycles. The number of halogens is 1. The van der Waals surface area contributed by atoms with Crippen LogP contribution in [0.15, 0.2) is 46.3 Å². The number of carbonyl (C=O) groups excluding carboxylic acids is 1. The van der Waals surface area contributed by atoms with E-state index in [9.17, 15) is 13.2 Å². The molecule has 0 aliphatic carbocycles. The van der Waals surface area contributed by atoms with E-state index in [0.717, 1.165) is 4.47 Å². The highest BCUT2D eigenvalue weighted by Crippen LogP contribution is 2.14. The van der Waals surface area contributed by atoms with Crippen molar-refractivity contribution < 1.29 is 17.9 Å². The number of ether oxygens (including phenoxy) is 1. The Balaban J connectivity index is 2.80. The van der Waals surface area contributed by atoms with Gasteiger partial charge in [0.05, 0.1) is 10.9 Å². The van der Waals surface area contributed by atoms with Crippen LogP contribution in [0.3, 0.4) is 0 Å². The van der Waals surface area contributed by atoms with Gasteiger partial charge in [-0.15, -0.1) is 6.58 Å². The molecular weight excluding hydrogens is 334 g/mol. The largest absolute Gasteiger partial charge is 0.464 e. The molecule has 0 aliphatic heterocycles. The monoisotopic (exact) mass is 347 g/mol. The van der Waals surface area contributed by atoms with Crippen LogP contribution < -0.4 is 4.72 Å². The molecule has 0 aromatic heterocycles. The van der Waals surface area contributed by atoms with Crippen LogP contribution in [0, 0.1) is 0 Å². The summed E-state index contributed by atoms with van der Waals surface area (Å²) in [6.07, 6.45) is 1.37. The summed E-state index contributed by atoms with van der Waals surface area (Å²) in [5, 5.41) is 0. The highest BCUT2D eigenvalue weighted by Gasteiger charge is 2.18. The second-order valence-corrected chi connectivity index (χ2v) is 6.35. The third kappa shape index (κ3) is 5.14. The first kappa shape index (κ1) is 15.9. The summed E-state index contributed by atoms with van der Waals surface area (Å²) in [5.41, 5.74) is 0. The Morgan fingerprint density at radius 1 is 1.47 bits per heavy atom. The standard InChI is InChI=1S/C12H14BrNO4S/c1-3-11(8-18-9(2)15)14-19(16,17)12-6-4-10(13)5-7-12/h3-7,11,14H,1,8H2,2H3/t11-/m0/s1. The van der Waals surface area contributed by atoms with Crippen molar-refractivity contribution >= 4 is 31.9 Å². The summed E-state index contributed by atoms with van der Waals surface area (Å²) < 4.78 is 32.0. The van der Waals surface area contributed by atoms with Crippen molar-refractivity contribution in [3.63, 3.8) is 0 Å². The first-order valence-electron chi connectivity index (χ1n) is 5.39. The van der Waals surface area contributed by atoms with Crippen LogP contribution in [0.25, 0.3) is 0 Å². The SMILES string of the molecule is C=C[C@@H](COC(C)=O)NS(=O)(=O)c1ccc(Br)cc1. The average molecular weight is 348 g/mol. The molecule has 1 atom stereocenters. The van der Waals surface area contributed by atoms with Gasteiger partial charge in [0.2, 0.25) is 10.0 Å².